The van der Waals surface area contributed by atoms with E-state index in [9.17, 15) is 29.7 Å². The molecular formula is C31H48O6. The zero-order chi connectivity index (χ0) is 28.0. The molecule has 0 saturated heterocycles. The third-order valence-corrected chi connectivity index (χ3v) is 12.3. The number of hydrogen-bond donors (Lipinski definition) is 3. The number of allylic oxidation sites excluding steroid dienone is 2. The van der Waals surface area contributed by atoms with Crippen molar-refractivity contribution in [1.82, 2.24) is 0 Å². The predicted molar refractivity (Wildman–Crippen MR) is 144 cm³/mol. The minimum atomic E-state index is -0.890. The molecule has 0 aromatic heterocycles. The Hall–Kier alpha value is -2.11. The highest BCUT2D eigenvalue weighted by atomic mass is 16.4. The van der Waals surface area contributed by atoms with Gasteiger partial charge in [0.05, 0.1) is 0 Å². The molecule has 0 unspecified atom stereocenters. The Labute approximate surface area is 222 Å². The first-order valence-electron chi connectivity index (χ1n) is 14.1. The van der Waals surface area contributed by atoms with Crippen LogP contribution < -0.4 is 0 Å². The van der Waals surface area contributed by atoms with E-state index >= 15 is 0 Å². The predicted octanol–water partition coefficient (Wildman–Crippen LogP) is 7.34. The second kappa shape index (κ2) is 10.2. The molecule has 0 aromatic carbocycles. The van der Waals surface area contributed by atoms with E-state index in [-0.39, 0.29) is 34.0 Å². The molecule has 0 aliphatic heterocycles. The van der Waals surface area contributed by atoms with E-state index in [1.807, 2.05) is 6.08 Å². The zero-order valence-electron chi connectivity index (χ0n) is 23.9. The number of aliphatic carboxylic acids is 3. The van der Waals surface area contributed by atoms with E-state index < -0.39 is 17.9 Å². The van der Waals surface area contributed by atoms with E-state index in [0.29, 0.717) is 29.4 Å². The first-order valence-corrected chi connectivity index (χ1v) is 14.1. The van der Waals surface area contributed by atoms with Gasteiger partial charge in [0, 0.05) is 17.6 Å². The fourth-order valence-electron chi connectivity index (χ4n) is 9.32. The van der Waals surface area contributed by atoms with Gasteiger partial charge < -0.3 is 15.3 Å². The zero-order valence-corrected chi connectivity index (χ0v) is 23.9. The standard InChI is InChI=1S/C31H48O6/c1-19(26(34)35)9-8-10-20(2)29(5)16-17-30(6)24-13-11-22(21(3)27(36)37)23(12-14-25(32)33)28(24,4)15-18-31(29,30)7/h9,20,23-24H,8,10-18H2,1-7H3,(H,32,33)(H,34,35)(H,36,37)/b19-9+,22-21+/t20-,23-,24-,28+,29-,30+,31-/m1/s1. The Bertz CT molecular complexity index is 1010. The summed E-state index contributed by atoms with van der Waals surface area (Å²) in [6.07, 6.45) is 10.1. The Kier molecular flexibility index (Phi) is 8.13. The van der Waals surface area contributed by atoms with Gasteiger partial charge >= 0.3 is 17.9 Å². The van der Waals surface area contributed by atoms with Crippen LogP contribution in [0.3, 0.4) is 0 Å². The van der Waals surface area contributed by atoms with Crippen LogP contribution in [0.5, 0.6) is 0 Å². The summed E-state index contributed by atoms with van der Waals surface area (Å²) in [6.45, 7) is 15.4. The summed E-state index contributed by atoms with van der Waals surface area (Å²) in [4.78, 5) is 34.7. The lowest BCUT2D eigenvalue weighted by atomic mass is 9.38. The molecule has 0 aromatic rings. The van der Waals surface area contributed by atoms with Crippen molar-refractivity contribution in [1.29, 1.82) is 0 Å². The van der Waals surface area contributed by atoms with Gasteiger partial charge in [0.1, 0.15) is 0 Å². The molecule has 3 saturated carbocycles. The molecule has 0 amide bonds. The minimum absolute atomic E-state index is 0.0202. The molecule has 3 aliphatic carbocycles. The van der Waals surface area contributed by atoms with Crippen molar-refractivity contribution >= 4 is 17.9 Å². The van der Waals surface area contributed by atoms with Crippen molar-refractivity contribution < 1.29 is 29.7 Å². The topological polar surface area (TPSA) is 112 Å². The van der Waals surface area contributed by atoms with Crippen LogP contribution in [0.15, 0.2) is 22.8 Å². The molecule has 3 fully saturated rings. The van der Waals surface area contributed by atoms with Gasteiger partial charge in [-0.1, -0.05) is 46.3 Å². The molecule has 208 valence electrons. The first kappa shape index (κ1) is 29.4. The van der Waals surface area contributed by atoms with Crippen LogP contribution in [-0.2, 0) is 14.4 Å². The Morgan fingerprint density at radius 3 is 2.19 bits per heavy atom. The third kappa shape index (κ3) is 4.67. The number of rotatable bonds is 9. The van der Waals surface area contributed by atoms with Crippen LogP contribution in [0, 0.1) is 39.4 Å². The molecule has 0 radical (unpaired) electrons. The Morgan fingerprint density at radius 1 is 0.973 bits per heavy atom. The van der Waals surface area contributed by atoms with Crippen LogP contribution in [0.2, 0.25) is 0 Å². The lowest BCUT2D eigenvalue weighted by molar-refractivity contribution is -0.167. The number of carboxylic acids is 3. The maximum absolute atomic E-state index is 12.0. The summed E-state index contributed by atoms with van der Waals surface area (Å²) >= 11 is 0. The summed E-state index contributed by atoms with van der Waals surface area (Å²) in [6, 6.07) is 0. The van der Waals surface area contributed by atoms with Crippen molar-refractivity contribution in [3.8, 4) is 0 Å². The van der Waals surface area contributed by atoms with Crippen LogP contribution in [-0.4, -0.2) is 33.2 Å². The fourth-order valence-corrected chi connectivity index (χ4v) is 9.32. The quantitative estimate of drug-likeness (QED) is 0.276. The van der Waals surface area contributed by atoms with E-state index in [4.69, 9.17) is 0 Å². The van der Waals surface area contributed by atoms with E-state index in [1.54, 1.807) is 13.8 Å². The lowest BCUT2D eigenvalue weighted by Crippen LogP contribution is -2.59. The molecular weight excluding hydrogens is 468 g/mol. The van der Waals surface area contributed by atoms with Crippen LogP contribution in [0.1, 0.15) is 113 Å². The van der Waals surface area contributed by atoms with Gasteiger partial charge in [0.15, 0.2) is 0 Å². The number of carbonyl (C=O) groups is 3. The minimum Gasteiger partial charge on any atom is -0.481 e. The maximum atomic E-state index is 12.0. The molecule has 6 heteroatoms. The third-order valence-electron chi connectivity index (χ3n) is 12.3. The summed E-state index contributed by atoms with van der Waals surface area (Å²) in [5.74, 6) is -1.73. The first-order chi connectivity index (χ1) is 17.0. The highest BCUT2D eigenvalue weighted by Crippen LogP contribution is 2.78. The number of hydrogen-bond acceptors (Lipinski definition) is 3. The highest BCUT2D eigenvalue weighted by Gasteiger charge is 2.70. The van der Waals surface area contributed by atoms with Crippen LogP contribution in [0.4, 0.5) is 0 Å². The Morgan fingerprint density at radius 2 is 1.62 bits per heavy atom. The van der Waals surface area contributed by atoms with E-state index in [2.05, 4.69) is 34.6 Å². The van der Waals surface area contributed by atoms with Gasteiger partial charge in [-0.05, 0) is 111 Å². The highest BCUT2D eigenvalue weighted by molar-refractivity contribution is 5.87. The van der Waals surface area contributed by atoms with Gasteiger partial charge in [0.2, 0.25) is 0 Å². The lowest BCUT2D eigenvalue weighted by Gasteiger charge is -2.66. The molecule has 3 N–H and O–H groups in total. The Balaban J connectivity index is 1.96. The number of carboxylic acid groups (broad SMARTS) is 3. The molecule has 3 aliphatic rings. The average molecular weight is 517 g/mol. The molecule has 7 atom stereocenters. The van der Waals surface area contributed by atoms with E-state index in [0.717, 1.165) is 56.9 Å². The van der Waals surface area contributed by atoms with Crippen LogP contribution in [0.25, 0.3) is 0 Å². The van der Waals surface area contributed by atoms with Gasteiger partial charge in [-0.15, -0.1) is 0 Å². The number of fused-ring (bicyclic) bond motifs is 3. The molecule has 0 bridgehead atoms. The monoisotopic (exact) mass is 516 g/mol. The summed E-state index contributed by atoms with van der Waals surface area (Å²) in [5, 5.41) is 28.5. The fraction of sp³-hybridized carbons (Fsp3) is 0.774. The second-order valence-electron chi connectivity index (χ2n) is 13.4. The smallest absolute Gasteiger partial charge is 0.331 e. The van der Waals surface area contributed by atoms with E-state index in [1.165, 1.54) is 0 Å². The van der Waals surface area contributed by atoms with Crippen molar-refractivity contribution in [3.05, 3.63) is 22.8 Å². The van der Waals surface area contributed by atoms with Gasteiger partial charge in [0.25, 0.3) is 0 Å². The van der Waals surface area contributed by atoms with Crippen molar-refractivity contribution in [2.45, 2.75) is 113 Å². The summed E-state index contributed by atoms with van der Waals surface area (Å²) < 4.78 is 0. The molecule has 0 spiro atoms. The van der Waals surface area contributed by atoms with Gasteiger partial charge in [-0.2, -0.15) is 0 Å². The van der Waals surface area contributed by atoms with Gasteiger partial charge in [-0.3, -0.25) is 4.79 Å². The molecule has 0 heterocycles. The van der Waals surface area contributed by atoms with Gasteiger partial charge in [-0.25, -0.2) is 9.59 Å². The largest absolute Gasteiger partial charge is 0.481 e. The van der Waals surface area contributed by atoms with Crippen molar-refractivity contribution in [3.63, 3.8) is 0 Å². The van der Waals surface area contributed by atoms with Crippen LogP contribution >= 0.6 is 0 Å². The molecule has 37 heavy (non-hydrogen) atoms. The summed E-state index contributed by atoms with van der Waals surface area (Å²) in [7, 11) is 0. The normalized spacial score (nSPS) is 39.9. The van der Waals surface area contributed by atoms with Crippen molar-refractivity contribution in [2.75, 3.05) is 0 Å². The summed E-state index contributed by atoms with van der Waals surface area (Å²) in [5.41, 5.74) is 1.97. The maximum Gasteiger partial charge on any atom is 0.331 e. The SMILES string of the molecule is C/C(=C\CC[C@@H](C)[C@@]1(C)CC[C@@]2(C)[C@@H]3CC/C(=C(/C)C(=O)O)[C@@H](CCC(=O)O)[C@]3(C)CC[C@@]21C)C(=O)O. The molecule has 3 rings (SSSR count). The molecule has 6 nitrogen and oxygen atoms in total. The van der Waals surface area contributed by atoms with Crippen molar-refractivity contribution in [2.24, 2.45) is 39.4 Å². The average Bonchev–Trinajstić information content (AvgIpc) is 3.04. The second-order valence-corrected chi connectivity index (χ2v) is 13.4.